The Labute approximate surface area is 163 Å². The first-order chi connectivity index (χ1) is 13.2. The van der Waals surface area contributed by atoms with Crippen molar-refractivity contribution in [1.82, 2.24) is 15.0 Å². The van der Waals surface area contributed by atoms with Gasteiger partial charge in [0.25, 0.3) is 0 Å². The van der Waals surface area contributed by atoms with Crippen molar-refractivity contribution in [1.29, 1.82) is 0 Å². The number of nitrogens with zero attached hydrogens (tertiary/aromatic N) is 3. The van der Waals surface area contributed by atoms with Crippen LogP contribution in [0.5, 0.6) is 0 Å². The smallest absolute Gasteiger partial charge is 0.309 e. The topological polar surface area (TPSA) is 89.0 Å². The van der Waals surface area contributed by atoms with E-state index in [0.717, 1.165) is 42.2 Å². The van der Waals surface area contributed by atoms with Crippen LogP contribution in [0, 0.1) is 5.92 Å². The maximum Gasteiger partial charge on any atom is 0.309 e. The number of nitrogens with one attached hydrogen (secondary N) is 2. The van der Waals surface area contributed by atoms with Gasteiger partial charge in [0.1, 0.15) is 5.82 Å². The van der Waals surface area contributed by atoms with Gasteiger partial charge in [0.15, 0.2) is 0 Å². The lowest BCUT2D eigenvalue weighted by atomic mass is 10.1. The molecule has 0 radical (unpaired) electrons. The fraction of sp³-hybridized carbons (Fsp3) is 0.474. The molecule has 3 rings (SSSR count). The van der Waals surface area contributed by atoms with Crippen LogP contribution in [0.2, 0.25) is 0 Å². The monoisotopic (exact) mass is 387 g/mol. The minimum absolute atomic E-state index is 0.00355. The number of esters is 1. The molecule has 2 N–H and O–H groups in total. The van der Waals surface area contributed by atoms with Gasteiger partial charge in [-0.25, -0.2) is 15.0 Å². The molecule has 0 saturated heterocycles. The van der Waals surface area contributed by atoms with E-state index in [1.165, 1.54) is 0 Å². The van der Waals surface area contributed by atoms with Crippen molar-refractivity contribution in [3.05, 3.63) is 36.3 Å². The van der Waals surface area contributed by atoms with Crippen LogP contribution >= 0.6 is 11.8 Å². The highest BCUT2D eigenvalue weighted by molar-refractivity contribution is 7.98. The Kier molecular flexibility index (Phi) is 6.86. The maximum absolute atomic E-state index is 11.7. The average Bonchev–Trinajstić information content (AvgIpc) is 3.50. The second-order valence-corrected chi connectivity index (χ2v) is 7.21. The molecule has 2 atom stereocenters. The summed E-state index contributed by atoms with van der Waals surface area (Å²) in [5.41, 5.74) is 1.10. The maximum atomic E-state index is 11.7. The molecule has 144 valence electrons. The molecular formula is C19H25N5O2S. The van der Waals surface area contributed by atoms with Crippen LogP contribution in [-0.2, 0) is 9.53 Å². The fourth-order valence-electron chi connectivity index (χ4n) is 2.82. The van der Waals surface area contributed by atoms with Crippen molar-refractivity contribution in [2.45, 2.75) is 30.6 Å². The molecule has 0 spiro atoms. The van der Waals surface area contributed by atoms with Crippen molar-refractivity contribution >= 4 is 29.5 Å². The molecule has 7 nitrogen and oxygen atoms in total. The van der Waals surface area contributed by atoms with Crippen molar-refractivity contribution in [2.24, 2.45) is 5.92 Å². The number of anilines is 2. The Morgan fingerprint density at radius 3 is 2.63 bits per heavy atom. The molecule has 1 unspecified atom stereocenters. The molecule has 1 fully saturated rings. The summed E-state index contributed by atoms with van der Waals surface area (Å²) in [5, 5.41) is 6.51. The van der Waals surface area contributed by atoms with E-state index < -0.39 is 0 Å². The van der Waals surface area contributed by atoms with Crippen LogP contribution in [-0.4, -0.2) is 46.9 Å². The molecule has 1 saturated carbocycles. The van der Waals surface area contributed by atoms with E-state index in [0.29, 0.717) is 12.6 Å². The molecule has 0 aromatic carbocycles. The summed E-state index contributed by atoms with van der Waals surface area (Å²) >= 11 is 1.62. The highest BCUT2D eigenvalue weighted by atomic mass is 32.2. The van der Waals surface area contributed by atoms with E-state index in [9.17, 15) is 4.79 Å². The second-order valence-electron chi connectivity index (χ2n) is 6.33. The third-order valence-electron chi connectivity index (χ3n) is 4.40. The average molecular weight is 388 g/mol. The molecule has 1 aliphatic carbocycles. The lowest BCUT2D eigenvalue weighted by molar-refractivity contribution is -0.144. The van der Waals surface area contributed by atoms with Crippen molar-refractivity contribution < 1.29 is 9.53 Å². The Morgan fingerprint density at radius 2 is 1.96 bits per heavy atom. The zero-order valence-electron chi connectivity index (χ0n) is 15.6. The molecule has 2 heterocycles. The minimum Gasteiger partial charge on any atom is -0.466 e. The molecule has 1 aliphatic rings. The molecule has 0 bridgehead atoms. The molecule has 2 aromatic heterocycles. The molecule has 8 heteroatoms. The largest absolute Gasteiger partial charge is 0.466 e. The Balaban J connectivity index is 1.35. The highest BCUT2D eigenvalue weighted by Crippen LogP contribution is 2.48. The molecule has 0 aliphatic heterocycles. The number of carbonyl (C=O) groups excluding carboxylic acids is 1. The lowest BCUT2D eigenvalue weighted by Gasteiger charge is -2.08. The van der Waals surface area contributed by atoms with E-state index >= 15 is 0 Å². The fourth-order valence-corrected chi connectivity index (χ4v) is 3.14. The minimum atomic E-state index is -0.0933. The second kappa shape index (κ2) is 9.55. The molecule has 0 amide bonds. The number of hydrogen-bond acceptors (Lipinski definition) is 8. The quantitative estimate of drug-likeness (QED) is 0.365. The SMILES string of the molecule is CCOC(=O)C1C[C@@H]1c1ccc(NCCCNc2ncc(SC)cn2)nc1. The summed E-state index contributed by atoms with van der Waals surface area (Å²) in [5.74, 6) is 1.66. The zero-order chi connectivity index (χ0) is 19.1. The molecule has 27 heavy (non-hydrogen) atoms. The number of hydrogen-bond donors (Lipinski definition) is 2. The van der Waals surface area contributed by atoms with Gasteiger partial charge < -0.3 is 15.4 Å². The van der Waals surface area contributed by atoms with Crippen LogP contribution in [0.1, 0.15) is 31.2 Å². The standard InChI is InChI=1S/C19H25N5O2S/c1-3-26-18(25)16-9-15(16)13-5-6-17(22-10-13)20-7-4-8-21-19-23-11-14(27-2)12-24-19/h5-6,10-12,15-16H,3-4,7-9H2,1-2H3,(H,20,22)(H,21,23,24)/t15-,16?/m1/s1. The third kappa shape index (κ3) is 5.56. The summed E-state index contributed by atoms with van der Waals surface area (Å²) in [6, 6.07) is 4.01. The van der Waals surface area contributed by atoms with Crippen molar-refractivity contribution in [2.75, 3.05) is 36.6 Å². The summed E-state index contributed by atoms with van der Waals surface area (Å²) in [6.07, 6.45) is 9.27. The summed E-state index contributed by atoms with van der Waals surface area (Å²) in [7, 11) is 0. The number of rotatable bonds is 10. The van der Waals surface area contributed by atoms with Crippen LogP contribution in [0.25, 0.3) is 0 Å². The van der Waals surface area contributed by atoms with Crippen LogP contribution < -0.4 is 10.6 Å². The van der Waals surface area contributed by atoms with Crippen molar-refractivity contribution in [3.8, 4) is 0 Å². The van der Waals surface area contributed by atoms with Gasteiger partial charge in [-0.2, -0.15) is 0 Å². The van der Waals surface area contributed by atoms with Crippen LogP contribution in [0.4, 0.5) is 11.8 Å². The normalized spacial score (nSPS) is 18.0. The van der Waals surface area contributed by atoms with E-state index in [4.69, 9.17) is 4.74 Å². The van der Waals surface area contributed by atoms with Gasteiger partial charge in [-0.1, -0.05) is 6.07 Å². The molecule has 2 aromatic rings. The first-order valence-corrected chi connectivity index (χ1v) is 10.4. The Morgan fingerprint density at radius 1 is 1.19 bits per heavy atom. The predicted molar refractivity (Wildman–Crippen MR) is 107 cm³/mol. The summed E-state index contributed by atoms with van der Waals surface area (Å²) in [4.78, 5) is 25.7. The summed E-state index contributed by atoms with van der Waals surface area (Å²) in [6.45, 7) is 3.86. The lowest BCUT2D eigenvalue weighted by Crippen LogP contribution is -2.11. The van der Waals surface area contributed by atoms with Gasteiger partial charge in [-0.05, 0) is 43.6 Å². The third-order valence-corrected chi connectivity index (χ3v) is 5.08. The van der Waals surface area contributed by atoms with Crippen LogP contribution in [0.3, 0.4) is 0 Å². The van der Waals surface area contributed by atoms with E-state index in [1.54, 1.807) is 11.8 Å². The number of thioether (sulfide) groups is 1. The van der Waals surface area contributed by atoms with Gasteiger partial charge in [0, 0.05) is 36.6 Å². The number of pyridine rings is 1. The van der Waals surface area contributed by atoms with Crippen LogP contribution in [0.15, 0.2) is 35.6 Å². The van der Waals surface area contributed by atoms with Gasteiger partial charge in [-0.3, -0.25) is 4.79 Å². The first-order valence-electron chi connectivity index (χ1n) is 9.17. The van der Waals surface area contributed by atoms with Gasteiger partial charge in [0.05, 0.1) is 12.5 Å². The summed E-state index contributed by atoms with van der Waals surface area (Å²) < 4.78 is 5.07. The van der Waals surface area contributed by atoms with E-state index in [1.807, 2.05) is 43.9 Å². The van der Waals surface area contributed by atoms with E-state index in [2.05, 4.69) is 25.6 Å². The van der Waals surface area contributed by atoms with Crippen molar-refractivity contribution in [3.63, 3.8) is 0 Å². The first kappa shape index (κ1) is 19.4. The number of aromatic nitrogens is 3. The predicted octanol–water partition coefficient (Wildman–Crippen LogP) is 3.17. The molecular weight excluding hydrogens is 362 g/mol. The van der Waals surface area contributed by atoms with Gasteiger partial charge >= 0.3 is 5.97 Å². The number of ether oxygens (including phenoxy) is 1. The Bertz CT molecular complexity index is 739. The van der Waals surface area contributed by atoms with Gasteiger partial charge in [0.2, 0.25) is 5.95 Å². The Hall–Kier alpha value is -2.35. The van der Waals surface area contributed by atoms with Gasteiger partial charge in [-0.15, -0.1) is 11.8 Å². The highest BCUT2D eigenvalue weighted by Gasteiger charge is 2.45. The van der Waals surface area contributed by atoms with E-state index in [-0.39, 0.29) is 17.8 Å². The number of carbonyl (C=O) groups is 1. The zero-order valence-corrected chi connectivity index (χ0v) is 16.5.